The minimum absolute atomic E-state index is 0.144. The number of hydrogen-bond acceptors (Lipinski definition) is 4. The molecule has 0 radical (unpaired) electrons. The first-order valence-corrected chi connectivity index (χ1v) is 6.28. The first-order valence-electron chi connectivity index (χ1n) is 6.28. The number of esters is 1. The zero-order chi connectivity index (χ0) is 13.0. The molecule has 0 heterocycles. The molecule has 1 aliphatic carbocycles. The number of carbonyl (C=O) groups excluding carboxylic acids is 1. The van der Waals surface area contributed by atoms with Crippen LogP contribution in [0.5, 0.6) is 5.75 Å². The highest BCUT2D eigenvalue weighted by Crippen LogP contribution is 2.25. The van der Waals surface area contributed by atoms with E-state index in [1.165, 1.54) is 31.1 Å². The average molecular weight is 249 g/mol. The number of fused-ring (bicyclic) bond motifs is 1. The molecule has 0 aliphatic heterocycles. The molecule has 1 unspecified atom stereocenters. The Hall–Kier alpha value is -1.55. The molecule has 4 heteroatoms. The van der Waals surface area contributed by atoms with Crippen molar-refractivity contribution in [3.8, 4) is 5.75 Å². The summed E-state index contributed by atoms with van der Waals surface area (Å²) in [4.78, 5) is 11.1. The Morgan fingerprint density at radius 3 is 2.78 bits per heavy atom. The average Bonchev–Trinajstić information content (AvgIpc) is 2.43. The van der Waals surface area contributed by atoms with Crippen molar-refractivity contribution in [3.05, 3.63) is 29.3 Å². The van der Waals surface area contributed by atoms with Crippen LogP contribution < -0.4 is 10.5 Å². The number of methoxy groups -OCH3 is 1. The van der Waals surface area contributed by atoms with E-state index in [1.807, 2.05) is 6.07 Å². The zero-order valence-electron chi connectivity index (χ0n) is 10.6. The Bertz CT molecular complexity index is 431. The highest BCUT2D eigenvalue weighted by Gasteiger charge is 2.15. The third-order valence-corrected chi connectivity index (χ3v) is 3.25. The van der Waals surface area contributed by atoms with Crippen LogP contribution >= 0.6 is 0 Å². The molecule has 1 aliphatic rings. The maximum Gasteiger partial charge on any atom is 0.326 e. The standard InChI is InChI=1S/C14H19NO3/c1-17-14(16)13(15)9-18-12-7-6-10-4-2-3-5-11(10)8-12/h6-8,13H,2-5,9,15H2,1H3. The fourth-order valence-electron chi connectivity index (χ4n) is 2.21. The monoisotopic (exact) mass is 249 g/mol. The van der Waals surface area contributed by atoms with Gasteiger partial charge in [0.05, 0.1) is 7.11 Å². The molecule has 1 aromatic rings. The van der Waals surface area contributed by atoms with Crippen molar-refractivity contribution < 1.29 is 14.3 Å². The van der Waals surface area contributed by atoms with E-state index in [1.54, 1.807) is 0 Å². The van der Waals surface area contributed by atoms with Crippen molar-refractivity contribution >= 4 is 5.97 Å². The summed E-state index contributed by atoms with van der Waals surface area (Å²) in [6.07, 6.45) is 4.76. The van der Waals surface area contributed by atoms with Gasteiger partial charge in [0.2, 0.25) is 0 Å². The Balaban J connectivity index is 1.96. The van der Waals surface area contributed by atoms with Crippen LogP contribution in [-0.4, -0.2) is 25.7 Å². The van der Waals surface area contributed by atoms with Gasteiger partial charge in [-0.1, -0.05) is 6.07 Å². The molecule has 0 fully saturated rings. The number of carbonyl (C=O) groups is 1. The molecule has 0 bridgehead atoms. The lowest BCUT2D eigenvalue weighted by Gasteiger charge is -2.17. The van der Waals surface area contributed by atoms with Crippen molar-refractivity contribution in [1.82, 2.24) is 0 Å². The topological polar surface area (TPSA) is 61.5 Å². The summed E-state index contributed by atoms with van der Waals surface area (Å²) in [6, 6.07) is 5.37. The Morgan fingerprint density at radius 2 is 2.06 bits per heavy atom. The second-order valence-corrected chi connectivity index (χ2v) is 4.58. The third-order valence-electron chi connectivity index (χ3n) is 3.25. The molecule has 1 aromatic carbocycles. The molecule has 0 saturated heterocycles. The molecule has 0 aromatic heterocycles. The molecule has 18 heavy (non-hydrogen) atoms. The SMILES string of the molecule is COC(=O)C(N)COc1ccc2c(c1)CCCC2. The van der Waals surface area contributed by atoms with Gasteiger partial charge < -0.3 is 15.2 Å². The fraction of sp³-hybridized carbons (Fsp3) is 0.500. The third kappa shape index (κ3) is 3.01. The Labute approximate surface area is 107 Å². The van der Waals surface area contributed by atoms with Crippen LogP contribution in [0.1, 0.15) is 24.0 Å². The van der Waals surface area contributed by atoms with Gasteiger partial charge in [0.1, 0.15) is 18.4 Å². The second kappa shape index (κ2) is 5.87. The summed E-state index contributed by atoms with van der Waals surface area (Å²) in [5.41, 5.74) is 8.37. The van der Waals surface area contributed by atoms with Crippen molar-refractivity contribution in [2.24, 2.45) is 5.73 Å². The van der Waals surface area contributed by atoms with E-state index in [2.05, 4.69) is 16.9 Å². The zero-order valence-corrected chi connectivity index (χ0v) is 10.6. The molecule has 1 atom stereocenters. The largest absolute Gasteiger partial charge is 0.491 e. The lowest BCUT2D eigenvalue weighted by Crippen LogP contribution is -2.37. The highest BCUT2D eigenvalue weighted by atomic mass is 16.5. The van der Waals surface area contributed by atoms with Gasteiger partial charge in [0.25, 0.3) is 0 Å². The van der Waals surface area contributed by atoms with E-state index in [0.29, 0.717) is 0 Å². The van der Waals surface area contributed by atoms with Crippen LogP contribution in [0.25, 0.3) is 0 Å². The number of ether oxygens (including phenoxy) is 2. The molecule has 98 valence electrons. The quantitative estimate of drug-likeness (QED) is 0.820. The second-order valence-electron chi connectivity index (χ2n) is 4.58. The van der Waals surface area contributed by atoms with Gasteiger partial charge in [0.15, 0.2) is 0 Å². The number of benzene rings is 1. The smallest absolute Gasteiger partial charge is 0.326 e. The van der Waals surface area contributed by atoms with E-state index < -0.39 is 12.0 Å². The lowest BCUT2D eigenvalue weighted by atomic mass is 9.92. The van der Waals surface area contributed by atoms with Gasteiger partial charge in [-0.15, -0.1) is 0 Å². The van der Waals surface area contributed by atoms with E-state index in [4.69, 9.17) is 10.5 Å². The maximum absolute atomic E-state index is 11.1. The number of rotatable bonds is 4. The molecule has 0 amide bonds. The van der Waals surface area contributed by atoms with Crippen LogP contribution in [0.15, 0.2) is 18.2 Å². The van der Waals surface area contributed by atoms with Crippen molar-refractivity contribution in [2.45, 2.75) is 31.7 Å². The van der Waals surface area contributed by atoms with Gasteiger partial charge in [-0.05, 0) is 48.9 Å². The summed E-state index contributed by atoms with van der Waals surface area (Å²) in [5, 5.41) is 0. The maximum atomic E-state index is 11.1. The molecule has 0 saturated carbocycles. The van der Waals surface area contributed by atoms with Gasteiger partial charge >= 0.3 is 5.97 Å². The van der Waals surface area contributed by atoms with E-state index in [9.17, 15) is 4.79 Å². The fourth-order valence-corrected chi connectivity index (χ4v) is 2.21. The van der Waals surface area contributed by atoms with Crippen LogP contribution in [-0.2, 0) is 22.4 Å². The van der Waals surface area contributed by atoms with E-state index in [-0.39, 0.29) is 6.61 Å². The highest BCUT2D eigenvalue weighted by molar-refractivity contribution is 5.75. The van der Waals surface area contributed by atoms with Gasteiger partial charge in [0, 0.05) is 0 Å². The molecular weight excluding hydrogens is 230 g/mol. The minimum Gasteiger partial charge on any atom is -0.491 e. The molecule has 4 nitrogen and oxygen atoms in total. The van der Waals surface area contributed by atoms with E-state index >= 15 is 0 Å². The normalized spacial score (nSPS) is 15.7. The summed E-state index contributed by atoms with van der Waals surface area (Å²) in [6.45, 7) is 0.144. The predicted molar refractivity (Wildman–Crippen MR) is 68.6 cm³/mol. The van der Waals surface area contributed by atoms with Gasteiger partial charge in [-0.3, -0.25) is 4.79 Å². The summed E-state index contributed by atoms with van der Waals surface area (Å²) >= 11 is 0. The van der Waals surface area contributed by atoms with Crippen molar-refractivity contribution in [1.29, 1.82) is 0 Å². The Morgan fingerprint density at radius 1 is 1.33 bits per heavy atom. The van der Waals surface area contributed by atoms with E-state index in [0.717, 1.165) is 18.6 Å². The van der Waals surface area contributed by atoms with Crippen LogP contribution in [0.2, 0.25) is 0 Å². The molecule has 0 spiro atoms. The summed E-state index contributed by atoms with van der Waals surface area (Å²) < 4.78 is 10.1. The lowest BCUT2D eigenvalue weighted by molar-refractivity contribution is -0.142. The van der Waals surface area contributed by atoms with Crippen LogP contribution in [0.3, 0.4) is 0 Å². The van der Waals surface area contributed by atoms with Crippen molar-refractivity contribution in [3.63, 3.8) is 0 Å². The van der Waals surface area contributed by atoms with Crippen LogP contribution in [0.4, 0.5) is 0 Å². The minimum atomic E-state index is -0.731. The summed E-state index contributed by atoms with van der Waals surface area (Å²) in [7, 11) is 1.32. The molecule has 2 rings (SSSR count). The number of nitrogens with two attached hydrogens (primary N) is 1. The molecular formula is C14H19NO3. The van der Waals surface area contributed by atoms with Crippen molar-refractivity contribution in [2.75, 3.05) is 13.7 Å². The number of aryl methyl sites for hydroxylation is 2. The predicted octanol–water partition coefficient (Wildman–Crippen LogP) is 1.44. The number of hydrogen-bond donors (Lipinski definition) is 1. The molecule has 2 N–H and O–H groups in total. The Kier molecular flexibility index (Phi) is 4.20. The summed E-state index contributed by atoms with van der Waals surface area (Å²) in [5.74, 6) is 0.322. The van der Waals surface area contributed by atoms with Gasteiger partial charge in [-0.25, -0.2) is 0 Å². The first kappa shape index (κ1) is 12.9. The first-order chi connectivity index (χ1) is 8.70. The van der Waals surface area contributed by atoms with Gasteiger partial charge in [-0.2, -0.15) is 0 Å². The van der Waals surface area contributed by atoms with Crippen LogP contribution in [0, 0.1) is 0 Å².